The Morgan fingerprint density at radius 1 is 1.11 bits per heavy atom. The molecular weight excluding hydrogens is 400 g/mol. The molecule has 0 aromatic carbocycles. The predicted octanol–water partition coefficient (Wildman–Crippen LogP) is 4.26. The molecule has 0 unspecified atom stereocenters. The highest BCUT2D eigenvalue weighted by Crippen LogP contribution is 2.27. The van der Waals surface area contributed by atoms with Gasteiger partial charge in [0.2, 0.25) is 5.95 Å². The van der Waals surface area contributed by atoms with Gasteiger partial charge in [0.25, 0.3) is 0 Å². The van der Waals surface area contributed by atoms with Crippen molar-refractivity contribution in [2.45, 2.75) is 18.8 Å². The van der Waals surface area contributed by atoms with Gasteiger partial charge < -0.3 is 5.73 Å². The van der Waals surface area contributed by atoms with Gasteiger partial charge in [-0.3, -0.25) is 0 Å². The van der Waals surface area contributed by atoms with Crippen molar-refractivity contribution in [2.24, 2.45) is 10.7 Å². The zero-order valence-electron chi connectivity index (χ0n) is 13.2. The van der Waals surface area contributed by atoms with E-state index in [4.69, 9.17) is 17.3 Å². The first kappa shape index (κ1) is 20.6. The number of aliphatic imine (C=N–C) groups is 1. The number of hydrogen-bond donors (Lipinski definition) is 1. The van der Waals surface area contributed by atoms with E-state index in [1.165, 1.54) is 6.07 Å². The number of nitrogens with zero attached hydrogens (tertiary/aromatic N) is 4. The molecule has 0 amide bonds. The highest BCUT2D eigenvalue weighted by atomic mass is 35.5. The molecule has 0 saturated heterocycles. The maximum absolute atomic E-state index is 12.8. The monoisotopic (exact) mass is 409 g/mol. The first-order valence-electron chi connectivity index (χ1n) is 7.08. The van der Waals surface area contributed by atoms with Gasteiger partial charge >= 0.3 is 12.4 Å². The topological polar surface area (TPSA) is 77.0 Å². The maximum atomic E-state index is 12.8. The van der Waals surface area contributed by atoms with Gasteiger partial charge in [0.05, 0.1) is 23.1 Å². The third kappa shape index (κ3) is 6.20. The molecule has 0 fully saturated rings. The quantitative estimate of drug-likeness (QED) is 0.604. The third-order valence-corrected chi connectivity index (χ3v) is 3.15. The lowest BCUT2D eigenvalue weighted by Crippen LogP contribution is -2.21. The Morgan fingerprint density at radius 2 is 1.74 bits per heavy atom. The maximum Gasteiger partial charge on any atom is 0.433 e. The van der Waals surface area contributed by atoms with Crippen molar-refractivity contribution in [1.29, 1.82) is 0 Å². The van der Waals surface area contributed by atoms with E-state index in [1.807, 2.05) is 0 Å². The Morgan fingerprint density at radius 3 is 2.30 bits per heavy atom. The smallest absolute Gasteiger partial charge is 0.395 e. The fraction of sp³-hybridized carbons (Fsp3) is 0.200. The number of halogens is 7. The van der Waals surface area contributed by atoms with Crippen LogP contribution in [0.15, 0.2) is 47.4 Å². The Balaban J connectivity index is 2.43. The molecule has 144 valence electrons. The van der Waals surface area contributed by atoms with Crippen LogP contribution in [-0.4, -0.2) is 26.8 Å². The summed E-state index contributed by atoms with van der Waals surface area (Å²) in [7, 11) is 0. The molecule has 2 aromatic rings. The molecule has 12 heteroatoms. The van der Waals surface area contributed by atoms with E-state index in [0.717, 1.165) is 24.5 Å². The first-order valence-corrected chi connectivity index (χ1v) is 7.45. The molecule has 0 aliphatic rings. The van der Waals surface area contributed by atoms with E-state index in [9.17, 15) is 26.3 Å². The van der Waals surface area contributed by atoms with Crippen LogP contribution >= 0.6 is 11.6 Å². The zero-order valence-corrected chi connectivity index (χ0v) is 13.9. The molecule has 0 aliphatic carbocycles. The molecule has 2 heterocycles. The minimum Gasteiger partial charge on any atom is -0.395 e. The highest BCUT2D eigenvalue weighted by Gasteiger charge is 2.33. The Labute approximate surface area is 153 Å². The lowest BCUT2D eigenvalue weighted by molar-refractivity contribution is -0.141. The predicted molar refractivity (Wildman–Crippen MR) is 85.4 cm³/mol. The molecule has 0 atom stereocenters. The van der Waals surface area contributed by atoms with Gasteiger partial charge in [0.15, 0.2) is 0 Å². The third-order valence-electron chi connectivity index (χ3n) is 2.96. The van der Waals surface area contributed by atoms with Crippen molar-refractivity contribution in [3.63, 3.8) is 0 Å². The molecule has 2 N–H and O–H groups in total. The van der Waals surface area contributed by atoms with Crippen molar-refractivity contribution < 1.29 is 26.3 Å². The van der Waals surface area contributed by atoms with Crippen molar-refractivity contribution in [3.05, 3.63) is 58.8 Å². The number of aromatic nitrogens is 3. The Bertz CT molecular complexity index is 858. The molecule has 5 nitrogen and oxygen atoms in total. The standard InChI is InChI=1S/C15H10ClF6N5/c16-8-6-24-13(25-7-8)27-10(5-11(23)14(17,18)19)4-9-2-1-3-12(26-9)15(20,21)22/h1-3,5-7H,4,23H2/b11-5-,27-10+. The fourth-order valence-electron chi connectivity index (χ4n) is 1.80. The molecule has 0 saturated carbocycles. The van der Waals surface area contributed by atoms with E-state index in [2.05, 4.69) is 19.9 Å². The number of pyridine rings is 1. The SMILES string of the molecule is N/C(=C\C(Cc1cccc(C(F)(F)F)n1)=N\c1ncc(Cl)cn1)C(F)(F)F. The van der Waals surface area contributed by atoms with Crippen molar-refractivity contribution >= 4 is 23.3 Å². The Hall–Kier alpha value is -2.69. The lowest BCUT2D eigenvalue weighted by atomic mass is 10.1. The summed E-state index contributed by atoms with van der Waals surface area (Å²) in [6.07, 6.45) is -7.21. The van der Waals surface area contributed by atoms with Crippen LogP contribution in [0.1, 0.15) is 11.4 Å². The summed E-state index contributed by atoms with van der Waals surface area (Å²) in [6, 6.07) is 3.03. The summed E-state index contributed by atoms with van der Waals surface area (Å²) in [4.78, 5) is 14.6. The van der Waals surface area contributed by atoms with E-state index >= 15 is 0 Å². The summed E-state index contributed by atoms with van der Waals surface area (Å²) in [5.41, 5.74) is 1.81. The number of rotatable bonds is 4. The van der Waals surface area contributed by atoms with Crippen molar-refractivity contribution in [1.82, 2.24) is 15.0 Å². The summed E-state index contributed by atoms with van der Waals surface area (Å²) >= 11 is 5.61. The molecule has 27 heavy (non-hydrogen) atoms. The van der Waals surface area contributed by atoms with E-state index in [-0.39, 0.29) is 22.4 Å². The van der Waals surface area contributed by atoms with Crippen LogP contribution in [0.25, 0.3) is 0 Å². The van der Waals surface area contributed by atoms with Gasteiger partial charge in [-0.05, 0) is 18.2 Å². The van der Waals surface area contributed by atoms with E-state index in [1.54, 1.807) is 0 Å². The molecular formula is C15H10ClF6N5. The minimum absolute atomic E-state index is 0.163. The first-order chi connectivity index (χ1) is 12.4. The van der Waals surface area contributed by atoms with Crippen LogP contribution < -0.4 is 5.73 Å². The zero-order chi connectivity index (χ0) is 20.2. The molecule has 0 radical (unpaired) electrons. The van der Waals surface area contributed by atoms with Crippen LogP contribution in [0.5, 0.6) is 0 Å². The average Bonchev–Trinajstić information content (AvgIpc) is 2.55. The summed E-state index contributed by atoms with van der Waals surface area (Å²) < 4.78 is 76.3. The molecule has 2 aromatic heterocycles. The average molecular weight is 410 g/mol. The molecule has 2 rings (SSSR count). The normalized spacial score (nSPS) is 13.7. The van der Waals surface area contributed by atoms with Crippen LogP contribution in [-0.2, 0) is 12.6 Å². The largest absolute Gasteiger partial charge is 0.433 e. The lowest BCUT2D eigenvalue weighted by Gasteiger charge is -2.09. The van der Waals surface area contributed by atoms with E-state index < -0.39 is 30.2 Å². The summed E-state index contributed by atoms with van der Waals surface area (Å²) in [5, 5.41) is 0.167. The summed E-state index contributed by atoms with van der Waals surface area (Å²) in [5.74, 6) is -0.243. The van der Waals surface area contributed by atoms with E-state index in [0.29, 0.717) is 6.08 Å². The number of nitrogens with two attached hydrogens (primary N) is 1. The second kappa shape index (κ2) is 7.91. The Kier molecular flexibility index (Phi) is 6.04. The van der Waals surface area contributed by atoms with Crippen LogP contribution in [0.2, 0.25) is 5.02 Å². The van der Waals surface area contributed by atoms with Crippen molar-refractivity contribution in [2.75, 3.05) is 0 Å². The minimum atomic E-state index is -4.84. The van der Waals surface area contributed by atoms with Crippen LogP contribution in [0, 0.1) is 0 Å². The van der Waals surface area contributed by atoms with Gasteiger partial charge in [-0.2, -0.15) is 26.3 Å². The van der Waals surface area contributed by atoms with Crippen molar-refractivity contribution in [3.8, 4) is 0 Å². The fourth-order valence-corrected chi connectivity index (χ4v) is 1.89. The highest BCUT2D eigenvalue weighted by molar-refractivity contribution is 6.30. The second-order valence-electron chi connectivity index (χ2n) is 5.09. The van der Waals surface area contributed by atoms with Gasteiger partial charge in [-0.15, -0.1) is 0 Å². The molecule has 0 aliphatic heterocycles. The number of allylic oxidation sites excluding steroid dienone is 2. The second-order valence-corrected chi connectivity index (χ2v) is 5.53. The van der Waals surface area contributed by atoms with Crippen LogP contribution in [0.3, 0.4) is 0 Å². The number of hydrogen-bond acceptors (Lipinski definition) is 5. The van der Waals surface area contributed by atoms with Gasteiger partial charge in [-0.1, -0.05) is 17.7 Å². The molecule has 0 spiro atoms. The summed E-state index contributed by atoms with van der Waals surface area (Å²) in [6.45, 7) is 0. The van der Waals surface area contributed by atoms with Crippen LogP contribution in [0.4, 0.5) is 32.3 Å². The number of alkyl halides is 6. The van der Waals surface area contributed by atoms with Gasteiger partial charge in [-0.25, -0.2) is 19.9 Å². The molecule has 0 bridgehead atoms. The van der Waals surface area contributed by atoms with Gasteiger partial charge in [0, 0.05) is 12.1 Å². The van der Waals surface area contributed by atoms with Gasteiger partial charge in [0.1, 0.15) is 11.4 Å².